The predicted octanol–water partition coefficient (Wildman–Crippen LogP) is 4.54. The first-order chi connectivity index (χ1) is 12.8. The number of benzene rings is 2. The Bertz CT molecular complexity index is 1060. The van der Waals surface area contributed by atoms with Crippen molar-refractivity contribution in [2.45, 2.75) is 13.8 Å². The third-order valence-electron chi connectivity index (χ3n) is 4.06. The molecule has 1 heterocycles. The summed E-state index contributed by atoms with van der Waals surface area (Å²) in [6.07, 6.45) is 0. The molecule has 0 saturated heterocycles. The van der Waals surface area contributed by atoms with E-state index in [1.165, 1.54) is 4.68 Å². The molecule has 0 saturated carbocycles. The number of nitriles is 1. The van der Waals surface area contributed by atoms with Crippen LogP contribution in [0, 0.1) is 36.8 Å². The Balaban J connectivity index is 2.03. The average Bonchev–Trinajstić information content (AvgIpc) is 2.90. The quantitative estimate of drug-likeness (QED) is 0.718. The molecule has 0 aliphatic rings. The first kappa shape index (κ1) is 18.5. The van der Waals surface area contributed by atoms with Crippen LogP contribution in [0.15, 0.2) is 36.4 Å². The highest BCUT2D eigenvalue weighted by Gasteiger charge is 2.22. The van der Waals surface area contributed by atoms with E-state index in [2.05, 4.69) is 10.4 Å². The number of nitrogens with one attached hydrogen (secondary N) is 1. The Hall–Kier alpha value is -3.24. The maximum Gasteiger partial charge on any atom is 0.262 e. The maximum absolute atomic E-state index is 14.1. The zero-order valence-corrected chi connectivity index (χ0v) is 15.1. The lowest BCUT2D eigenvalue weighted by molar-refractivity contribution is 0.101. The molecule has 136 valence electrons. The number of hydrogen-bond donors (Lipinski definition) is 1. The van der Waals surface area contributed by atoms with Gasteiger partial charge in [0.25, 0.3) is 5.91 Å². The van der Waals surface area contributed by atoms with Crippen LogP contribution < -0.4 is 5.32 Å². The van der Waals surface area contributed by atoms with Crippen molar-refractivity contribution in [3.05, 3.63) is 75.4 Å². The van der Waals surface area contributed by atoms with E-state index in [1.54, 1.807) is 44.2 Å². The highest BCUT2D eigenvalue weighted by Crippen LogP contribution is 2.25. The van der Waals surface area contributed by atoms with Gasteiger partial charge in [0, 0.05) is 10.6 Å². The molecule has 1 amide bonds. The highest BCUT2D eigenvalue weighted by molar-refractivity contribution is 6.30. The van der Waals surface area contributed by atoms with Crippen molar-refractivity contribution < 1.29 is 13.6 Å². The third kappa shape index (κ3) is 3.52. The van der Waals surface area contributed by atoms with Gasteiger partial charge in [-0.25, -0.2) is 13.5 Å². The summed E-state index contributed by atoms with van der Waals surface area (Å²) in [5, 5.41) is 16.2. The van der Waals surface area contributed by atoms with Crippen molar-refractivity contribution in [2.24, 2.45) is 0 Å². The lowest BCUT2D eigenvalue weighted by Crippen LogP contribution is -2.19. The molecule has 8 heteroatoms. The van der Waals surface area contributed by atoms with Gasteiger partial charge in [-0.1, -0.05) is 11.6 Å². The van der Waals surface area contributed by atoms with Crippen LogP contribution in [0.2, 0.25) is 5.02 Å². The van der Waals surface area contributed by atoms with E-state index in [-0.39, 0.29) is 11.4 Å². The second kappa shape index (κ2) is 7.17. The molecule has 1 aromatic heterocycles. The highest BCUT2D eigenvalue weighted by atomic mass is 35.5. The normalized spacial score (nSPS) is 10.5. The molecule has 0 aliphatic carbocycles. The van der Waals surface area contributed by atoms with Crippen LogP contribution in [0.25, 0.3) is 5.69 Å². The fourth-order valence-electron chi connectivity index (χ4n) is 2.55. The van der Waals surface area contributed by atoms with Crippen LogP contribution in [0.1, 0.15) is 27.2 Å². The molecule has 2 aromatic carbocycles. The molecule has 0 aliphatic heterocycles. The van der Waals surface area contributed by atoms with E-state index in [4.69, 9.17) is 16.9 Å². The average molecular weight is 387 g/mol. The van der Waals surface area contributed by atoms with Gasteiger partial charge in [-0.2, -0.15) is 10.4 Å². The Morgan fingerprint density at radius 2 is 1.78 bits per heavy atom. The van der Waals surface area contributed by atoms with E-state index in [0.717, 1.165) is 12.1 Å². The van der Waals surface area contributed by atoms with Gasteiger partial charge >= 0.3 is 0 Å². The van der Waals surface area contributed by atoms with Gasteiger partial charge in [-0.15, -0.1) is 0 Å². The Kier molecular flexibility index (Phi) is 4.93. The number of aryl methyl sites for hydroxylation is 1. The van der Waals surface area contributed by atoms with Crippen molar-refractivity contribution in [1.82, 2.24) is 9.78 Å². The Morgan fingerprint density at radius 3 is 2.33 bits per heavy atom. The number of carbonyl (C=O) groups is 1. The van der Waals surface area contributed by atoms with Gasteiger partial charge in [0.15, 0.2) is 0 Å². The standard InChI is InChI=1S/C19H13ClF2N4O/c1-10-11(2)25-26(14-5-3-13(20)4-6-14)18(10)24-19(27)17-15(21)7-12(9-23)8-16(17)22/h3-8H,1-2H3,(H,24,27). The number of hydrogen-bond acceptors (Lipinski definition) is 3. The minimum Gasteiger partial charge on any atom is -0.306 e. The summed E-state index contributed by atoms with van der Waals surface area (Å²) in [5.74, 6) is -2.93. The molecule has 0 bridgehead atoms. The van der Waals surface area contributed by atoms with Gasteiger partial charge in [-0.05, 0) is 50.2 Å². The number of rotatable bonds is 3. The van der Waals surface area contributed by atoms with Crippen LogP contribution in [-0.2, 0) is 0 Å². The lowest BCUT2D eigenvalue weighted by Gasteiger charge is -2.11. The predicted molar refractivity (Wildman–Crippen MR) is 97.1 cm³/mol. The molecule has 3 rings (SSSR count). The van der Waals surface area contributed by atoms with Gasteiger partial charge < -0.3 is 5.32 Å². The molecule has 27 heavy (non-hydrogen) atoms. The van der Waals surface area contributed by atoms with Crippen LogP contribution in [0.5, 0.6) is 0 Å². The minimum atomic E-state index is -1.11. The monoisotopic (exact) mass is 386 g/mol. The second-order valence-corrected chi connectivity index (χ2v) is 6.26. The van der Waals surface area contributed by atoms with Crippen molar-refractivity contribution >= 4 is 23.3 Å². The van der Waals surface area contributed by atoms with Crippen molar-refractivity contribution in [1.29, 1.82) is 5.26 Å². The van der Waals surface area contributed by atoms with E-state index in [9.17, 15) is 13.6 Å². The molecule has 1 N–H and O–H groups in total. The molecule has 0 unspecified atom stereocenters. The smallest absolute Gasteiger partial charge is 0.262 e. The number of nitrogens with zero attached hydrogens (tertiary/aromatic N) is 3. The van der Waals surface area contributed by atoms with Crippen molar-refractivity contribution in [2.75, 3.05) is 5.32 Å². The van der Waals surface area contributed by atoms with Gasteiger partial charge in [-0.3, -0.25) is 4.79 Å². The largest absolute Gasteiger partial charge is 0.306 e. The van der Waals surface area contributed by atoms with Crippen LogP contribution >= 0.6 is 11.6 Å². The molecule has 0 radical (unpaired) electrons. The summed E-state index contributed by atoms with van der Waals surface area (Å²) in [5.41, 5.74) is 0.926. The first-order valence-corrected chi connectivity index (χ1v) is 8.22. The Morgan fingerprint density at radius 1 is 1.19 bits per heavy atom. The molecule has 0 spiro atoms. The SMILES string of the molecule is Cc1nn(-c2ccc(Cl)cc2)c(NC(=O)c2c(F)cc(C#N)cc2F)c1C. The number of anilines is 1. The molecule has 5 nitrogen and oxygen atoms in total. The zero-order chi connectivity index (χ0) is 19.7. The van der Waals surface area contributed by atoms with E-state index in [0.29, 0.717) is 22.0 Å². The minimum absolute atomic E-state index is 0.209. The van der Waals surface area contributed by atoms with Gasteiger partial charge in [0.2, 0.25) is 0 Å². The fraction of sp³-hybridized carbons (Fsp3) is 0.105. The second-order valence-electron chi connectivity index (χ2n) is 5.83. The number of halogens is 3. The summed E-state index contributed by atoms with van der Waals surface area (Å²) in [4.78, 5) is 12.5. The molecular formula is C19H13ClF2N4O. The van der Waals surface area contributed by atoms with Crippen LogP contribution in [0.4, 0.5) is 14.6 Å². The number of amides is 1. The zero-order valence-electron chi connectivity index (χ0n) is 14.3. The summed E-state index contributed by atoms with van der Waals surface area (Å²) >= 11 is 5.89. The van der Waals surface area contributed by atoms with Crippen LogP contribution in [0.3, 0.4) is 0 Å². The van der Waals surface area contributed by atoms with Crippen molar-refractivity contribution in [3.63, 3.8) is 0 Å². The van der Waals surface area contributed by atoms with Crippen LogP contribution in [-0.4, -0.2) is 15.7 Å². The molecule has 0 atom stereocenters. The lowest BCUT2D eigenvalue weighted by atomic mass is 10.1. The fourth-order valence-corrected chi connectivity index (χ4v) is 2.67. The number of aromatic nitrogens is 2. The third-order valence-corrected chi connectivity index (χ3v) is 4.31. The first-order valence-electron chi connectivity index (χ1n) is 7.84. The topological polar surface area (TPSA) is 70.7 Å². The van der Waals surface area contributed by atoms with E-state index < -0.39 is 23.1 Å². The summed E-state index contributed by atoms with van der Waals surface area (Å²) in [6.45, 7) is 3.48. The Labute approximate surface area is 158 Å². The van der Waals surface area contributed by atoms with Gasteiger partial charge in [0.05, 0.1) is 23.0 Å². The maximum atomic E-state index is 14.1. The van der Waals surface area contributed by atoms with Crippen molar-refractivity contribution in [3.8, 4) is 11.8 Å². The molecule has 3 aromatic rings. The van der Waals surface area contributed by atoms with Gasteiger partial charge in [0.1, 0.15) is 23.0 Å². The van der Waals surface area contributed by atoms with E-state index in [1.807, 2.05) is 0 Å². The molecular weight excluding hydrogens is 374 g/mol. The number of carbonyl (C=O) groups excluding carboxylic acids is 1. The summed E-state index contributed by atoms with van der Waals surface area (Å²) in [6, 6.07) is 9.98. The summed E-state index contributed by atoms with van der Waals surface area (Å²) in [7, 11) is 0. The molecule has 0 fully saturated rings. The summed E-state index contributed by atoms with van der Waals surface area (Å²) < 4.78 is 29.7. The van der Waals surface area contributed by atoms with E-state index >= 15 is 0 Å².